The van der Waals surface area contributed by atoms with Gasteiger partial charge in [-0.25, -0.2) is 0 Å². The number of aliphatic hydroxyl groups is 2. The van der Waals surface area contributed by atoms with Crippen molar-refractivity contribution in [1.82, 2.24) is 5.32 Å². The maximum absolute atomic E-state index is 11.6. The Balaban J connectivity index is 2.37. The first-order valence-electron chi connectivity index (χ1n) is 7.35. The van der Waals surface area contributed by atoms with Gasteiger partial charge in [0.15, 0.2) is 0 Å². The molecule has 0 aliphatic heterocycles. The van der Waals surface area contributed by atoms with Crippen LogP contribution in [0.2, 0.25) is 0 Å². The Bertz CT molecular complexity index is 610. The van der Waals surface area contributed by atoms with E-state index in [2.05, 4.69) is 5.32 Å². The molecule has 1 atom stereocenters. The molecule has 4 nitrogen and oxygen atoms in total. The highest BCUT2D eigenvalue weighted by molar-refractivity contribution is 5.75. The summed E-state index contributed by atoms with van der Waals surface area (Å²) in [5.41, 5.74) is 0.854. The first kappa shape index (κ1) is 16.2. The minimum Gasteiger partial charge on any atom is -0.392 e. The Morgan fingerprint density at radius 1 is 1.05 bits per heavy atom. The largest absolute Gasteiger partial charge is 0.392 e. The average Bonchev–Trinajstić information content (AvgIpc) is 2.60. The smallest absolute Gasteiger partial charge is 0.219 e. The Labute approximate surface area is 130 Å². The Hall–Kier alpha value is -2.17. The quantitative estimate of drug-likeness (QED) is 0.763. The van der Waals surface area contributed by atoms with Gasteiger partial charge in [0.05, 0.1) is 13.2 Å². The van der Waals surface area contributed by atoms with Gasteiger partial charge in [-0.2, -0.15) is 0 Å². The molecule has 0 bridgehead atoms. The second-order valence-electron chi connectivity index (χ2n) is 5.21. The molecular formula is C18H21NO3. The summed E-state index contributed by atoms with van der Waals surface area (Å²) in [6, 6.07) is 16.3. The van der Waals surface area contributed by atoms with E-state index in [0.29, 0.717) is 17.5 Å². The molecule has 0 saturated heterocycles. The lowest BCUT2D eigenvalue weighted by molar-refractivity contribution is -0.121. The molecule has 116 valence electrons. The van der Waals surface area contributed by atoms with E-state index in [1.165, 1.54) is 0 Å². The van der Waals surface area contributed by atoms with Crippen molar-refractivity contribution in [2.75, 3.05) is 6.54 Å². The first-order valence-corrected chi connectivity index (χ1v) is 7.35. The van der Waals surface area contributed by atoms with Crippen molar-refractivity contribution in [3.63, 3.8) is 0 Å². The highest BCUT2D eigenvalue weighted by Gasteiger charge is 2.31. The van der Waals surface area contributed by atoms with Crippen LogP contribution in [0.1, 0.15) is 30.0 Å². The average molecular weight is 299 g/mol. The molecule has 1 amide bonds. The summed E-state index contributed by atoms with van der Waals surface area (Å²) in [6.45, 7) is 1.83. The molecule has 0 spiro atoms. The number of nitrogens with one attached hydrogen (secondary N) is 1. The number of rotatable bonds is 6. The van der Waals surface area contributed by atoms with Crippen LogP contribution in [-0.2, 0) is 17.0 Å². The van der Waals surface area contributed by atoms with Crippen molar-refractivity contribution >= 4 is 5.91 Å². The molecule has 0 radical (unpaired) electrons. The van der Waals surface area contributed by atoms with Crippen LogP contribution >= 0.6 is 0 Å². The molecule has 3 N–H and O–H groups in total. The normalized spacial score (nSPS) is 13.4. The van der Waals surface area contributed by atoms with Crippen molar-refractivity contribution in [3.8, 4) is 0 Å². The highest BCUT2D eigenvalue weighted by Crippen LogP contribution is 2.29. The molecule has 1 unspecified atom stereocenters. The van der Waals surface area contributed by atoms with Crippen LogP contribution < -0.4 is 5.32 Å². The van der Waals surface area contributed by atoms with Crippen molar-refractivity contribution in [1.29, 1.82) is 0 Å². The lowest BCUT2D eigenvalue weighted by Crippen LogP contribution is -2.41. The number of hydrogen-bond acceptors (Lipinski definition) is 3. The van der Waals surface area contributed by atoms with Crippen LogP contribution in [0.25, 0.3) is 0 Å². The van der Waals surface area contributed by atoms with E-state index in [0.717, 1.165) is 5.56 Å². The Morgan fingerprint density at radius 3 is 2.18 bits per heavy atom. The lowest BCUT2D eigenvalue weighted by atomic mass is 9.86. The van der Waals surface area contributed by atoms with Crippen molar-refractivity contribution in [2.45, 2.75) is 25.6 Å². The van der Waals surface area contributed by atoms with E-state index < -0.39 is 5.60 Å². The van der Waals surface area contributed by atoms with Crippen LogP contribution in [0.5, 0.6) is 0 Å². The summed E-state index contributed by atoms with van der Waals surface area (Å²) < 4.78 is 0. The standard InChI is InChI=1S/C18H21NO3/c1-2-17(21)19-13-18(22,15-6-4-3-5-7-15)16-10-8-14(12-20)9-11-16/h3-11,20,22H,2,12-13H2,1H3,(H,19,21). The zero-order valence-electron chi connectivity index (χ0n) is 12.6. The minimum atomic E-state index is -1.31. The zero-order valence-corrected chi connectivity index (χ0v) is 12.6. The fourth-order valence-corrected chi connectivity index (χ4v) is 2.32. The van der Waals surface area contributed by atoms with Gasteiger partial charge >= 0.3 is 0 Å². The summed E-state index contributed by atoms with van der Waals surface area (Å²) >= 11 is 0. The maximum atomic E-state index is 11.6. The summed E-state index contributed by atoms with van der Waals surface area (Å²) in [5.74, 6) is -0.110. The Kier molecular flexibility index (Phi) is 5.31. The number of carbonyl (C=O) groups excluding carboxylic acids is 1. The number of amides is 1. The molecule has 2 rings (SSSR count). The van der Waals surface area contributed by atoms with Gasteiger partial charge in [0, 0.05) is 6.42 Å². The molecule has 2 aromatic carbocycles. The van der Waals surface area contributed by atoms with Gasteiger partial charge in [-0.05, 0) is 16.7 Å². The molecule has 4 heteroatoms. The molecule has 22 heavy (non-hydrogen) atoms. The number of aliphatic hydroxyl groups excluding tert-OH is 1. The molecular weight excluding hydrogens is 278 g/mol. The van der Waals surface area contributed by atoms with Crippen LogP contribution in [0.3, 0.4) is 0 Å². The number of carbonyl (C=O) groups is 1. The number of benzene rings is 2. The van der Waals surface area contributed by atoms with Gasteiger partial charge in [-0.15, -0.1) is 0 Å². The highest BCUT2D eigenvalue weighted by atomic mass is 16.3. The molecule has 0 heterocycles. The predicted molar refractivity (Wildman–Crippen MR) is 85.1 cm³/mol. The van der Waals surface area contributed by atoms with Gasteiger partial charge in [0.2, 0.25) is 5.91 Å². The van der Waals surface area contributed by atoms with Gasteiger partial charge in [-0.3, -0.25) is 4.79 Å². The van der Waals surface area contributed by atoms with Crippen LogP contribution in [0.15, 0.2) is 54.6 Å². The zero-order chi connectivity index (χ0) is 16.0. The third-order valence-electron chi connectivity index (χ3n) is 3.73. The Morgan fingerprint density at radius 2 is 1.64 bits per heavy atom. The van der Waals surface area contributed by atoms with E-state index in [-0.39, 0.29) is 19.1 Å². The fraction of sp³-hybridized carbons (Fsp3) is 0.278. The van der Waals surface area contributed by atoms with Gasteiger partial charge < -0.3 is 15.5 Å². The fourth-order valence-electron chi connectivity index (χ4n) is 2.32. The SMILES string of the molecule is CCC(=O)NCC(O)(c1ccccc1)c1ccc(CO)cc1. The molecule has 0 saturated carbocycles. The molecule has 0 aliphatic rings. The summed E-state index contributed by atoms with van der Waals surface area (Å²) in [5, 5.41) is 23.1. The lowest BCUT2D eigenvalue weighted by Gasteiger charge is -2.30. The predicted octanol–water partition coefficient (Wildman–Crippen LogP) is 1.94. The van der Waals surface area contributed by atoms with Crippen LogP contribution in [-0.4, -0.2) is 22.7 Å². The van der Waals surface area contributed by atoms with Crippen molar-refractivity contribution in [3.05, 3.63) is 71.3 Å². The van der Waals surface area contributed by atoms with Gasteiger partial charge in [0.1, 0.15) is 5.60 Å². The van der Waals surface area contributed by atoms with Crippen LogP contribution in [0.4, 0.5) is 0 Å². The summed E-state index contributed by atoms with van der Waals surface area (Å²) in [6.07, 6.45) is 0.369. The second-order valence-corrected chi connectivity index (χ2v) is 5.21. The topological polar surface area (TPSA) is 69.6 Å². The summed E-state index contributed by atoms with van der Waals surface area (Å²) in [4.78, 5) is 11.6. The second kappa shape index (κ2) is 7.20. The van der Waals surface area contributed by atoms with E-state index in [1.807, 2.05) is 30.3 Å². The molecule has 2 aromatic rings. The van der Waals surface area contributed by atoms with Crippen molar-refractivity contribution < 1.29 is 15.0 Å². The molecule has 0 aromatic heterocycles. The number of hydrogen-bond donors (Lipinski definition) is 3. The van der Waals surface area contributed by atoms with Crippen molar-refractivity contribution in [2.24, 2.45) is 0 Å². The van der Waals surface area contributed by atoms with E-state index >= 15 is 0 Å². The van der Waals surface area contributed by atoms with E-state index in [9.17, 15) is 9.90 Å². The molecule has 0 fully saturated rings. The van der Waals surface area contributed by atoms with Crippen LogP contribution in [0, 0.1) is 0 Å². The first-order chi connectivity index (χ1) is 10.6. The minimum absolute atomic E-state index is 0.0450. The molecule has 0 aliphatic carbocycles. The van der Waals surface area contributed by atoms with E-state index in [1.54, 1.807) is 31.2 Å². The maximum Gasteiger partial charge on any atom is 0.219 e. The third kappa shape index (κ3) is 3.53. The monoisotopic (exact) mass is 299 g/mol. The van der Waals surface area contributed by atoms with Gasteiger partial charge in [-0.1, -0.05) is 61.5 Å². The van der Waals surface area contributed by atoms with E-state index in [4.69, 9.17) is 5.11 Å². The van der Waals surface area contributed by atoms with Gasteiger partial charge in [0.25, 0.3) is 0 Å². The summed E-state index contributed by atoms with van der Waals surface area (Å²) in [7, 11) is 0. The third-order valence-corrected chi connectivity index (χ3v) is 3.73.